The van der Waals surface area contributed by atoms with E-state index in [1.807, 2.05) is 0 Å². The first-order valence-electron chi connectivity index (χ1n) is 3.40. The van der Waals surface area contributed by atoms with Crippen molar-refractivity contribution in [2.24, 2.45) is 17.8 Å². The predicted molar refractivity (Wildman–Crippen MR) is 36.6 cm³/mol. The summed E-state index contributed by atoms with van der Waals surface area (Å²) in [6.07, 6.45) is 4.60. The third kappa shape index (κ3) is 0.795. The molecule has 2 unspecified atom stereocenters. The van der Waals surface area contributed by atoms with E-state index in [-0.39, 0.29) is 0 Å². The molecule has 0 aromatic carbocycles. The fraction of sp³-hybridized carbons (Fsp3) is 0.750. The maximum Gasteiger partial charge on any atom is -0.0150 e. The topological polar surface area (TPSA) is 0 Å². The third-order valence-corrected chi connectivity index (χ3v) is 2.01. The van der Waals surface area contributed by atoms with Crippen LogP contribution in [0.1, 0.15) is 20.8 Å². The lowest BCUT2D eigenvalue weighted by Crippen LogP contribution is -2.20. The molecule has 2 atom stereocenters. The molecule has 0 aliphatic heterocycles. The Morgan fingerprint density at radius 2 is 1.88 bits per heavy atom. The SMILES string of the molecule is CC(C)C1C=CC1C. The zero-order chi connectivity index (χ0) is 6.15. The summed E-state index contributed by atoms with van der Waals surface area (Å²) in [7, 11) is 0. The van der Waals surface area contributed by atoms with E-state index < -0.39 is 0 Å². The van der Waals surface area contributed by atoms with Crippen molar-refractivity contribution < 1.29 is 0 Å². The summed E-state index contributed by atoms with van der Waals surface area (Å²) in [5.41, 5.74) is 0. The van der Waals surface area contributed by atoms with Crippen molar-refractivity contribution in [3.05, 3.63) is 12.2 Å². The molecule has 0 N–H and O–H groups in total. The van der Waals surface area contributed by atoms with Gasteiger partial charge in [-0.15, -0.1) is 0 Å². The van der Waals surface area contributed by atoms with Crippen molar-refractivity contribution in [1.82, 2.24) is 0 Å². The van der Waals surface area contributed by atoms with Crippen molar-refractivity contribution in [3.8, 4) is 0 Å². The molecule has 0 fully saturated rings. The van der Waals surface area contributed by atoms with Crippen LogP contribution in [0.15, 0.2) is 12.2 Å². The van der Waals surface area contributed by atoms with Crippen LogP contribution in [-0.2, 0) is 0 Å². The molecule has 0 amide bonds. The van der Waals surface area contributed by atoms with Gasteiger partial charge in [0.1, 0.15) is 0 Å². The van der Waals surface area contributed by atoms with Crippen molar-refractivity contribution in [2.45, 2.75) is 20.8 Å². The van der Waals surface area contributed by atoms with Gasteiger partial charge in [0.15, 0.2) is 0 Å². The molecular weight excluding hydrogens is 96.1 g/mol. The molecule has 0 heterocycles. The minimum absolute atomic E-state index is 0.843. The Labute approximate surface area is 51.6 Å². The monoisotopic (exact) mass is 110 g/mol. The first kappa shape index (κ1) is 5.87. The zero-order valence-corrected chi connectivity index (χ0v) is 5.89. The molecule has 0 bridgehead atoms. The molecule has 0 aromatic rings. The Morgan fingerprint density at radius 3 is 1.88 bits per heavy atom. The molecule has 0 aromatic heterocycles. The zero-order valence-electron chi connectivity index (χ0n) is 5.89. The Hall–Kier alpha value is -0.260. The number of allylic oxidation sites excluding steroid dienone is 2. The normalized spacial score (nSPS) is 35.5. The minimum atomic E-state index is 0.843. The van der Waals surface area contributed by atoms with Gasteiger partial charge in [0.05, 0.1) is 0 Å². The van der Waals surface area contributed by atoms with Crippen molar-refractivity contribution in [2.75, 3.05) is 0 Å². The van der Waals surface area contributed by atoms with Gasteiger partial charge in [-0.1, -0.05) is 32.9 Å². The van der Waals surface area contributed by atoms with Gasteiger partial charge in [0.25, 0.3) is 0 Å². The van der Waals surface area contributed by atoms with Crippen LogP contribution in [-0.4, -0.2) is 0 Å². The van der Waals surface area contributed by atoms with Crippen LogP contribution < -0.4 is 0 Å². The molecule has 0 saturated heterocycles. The molecule has 1 aliphatic rings. The first-order valence-corrected chi connectivity index (χ1v) is 3.40. The van der Waals surface area contributed by atoms with Crippen LogP contribution in [0.2, 0.25) is 0 Å². The smallest absolute Gasteiger partial charge is 0.0150 e. The summed E-state index contributed by atoms with van der Waals surface area (Å²) >= 11 is 0. The van der Waals surface area contributed by atoms with Crippen LogP contribution in [0.5, 0.6) is 0 Å². The van der Waals surface area contributed by atoms with Gasteiger partial charge in [0, 0.05) is 0 Å². The van der Waals surface area contributed by atoms with E-state index >= 15 is 0 Å². The molecule has 1 rings (SSSR count). The highest BCUT2D eigenvalue weighted by Gasteiger charge is 2.21. The van der Waals surface area contributed by atoms with Gasteiger partial charge in [-0.25, -0.2) is 0 Å². The van der Waals surface area contributed by atoms with E-state index in [1.54, 1.807) is 0 Å². The second kappa shape index (κ2) is 1.93. The Kier molecular flexibility index (Phi) is 1.41. The molecule has 0 heteroatoms. The third-order valence-electron chi connectivity index (χ3n) is 2.01. The lowest BCUT2D eigenvalue weighted by molar-refractivity contribution is 0.347. The van der Waals surface area contributed by atoms with Gasteiger partial charge in [-0.05, 0) is 17.8 Å². The Bertz CT molecular complexity index is 101. The van der Waals surface area contributed by atoms with Crippen LogP contribution in [0.25, 0.3) is 0 Å². The van der Waals surface area contributed by atoms with E-state index in [1.165, 1.54) is 0 Å². The maximum absolute atomic E-state index is 2.31. The van der Waals surface area contributed by atoms with E-state index in [0.29, 0.717) is 0 Å². The van der Waals surface area contributed by atoms with Gasteiger partial charge in [-0.2, -0.15) is 0 Å². The number of hydrogen-bond acceptors (Lipinski definition) is 0. The predicted octanol–water partition coefficient (Wildman–Crippen LogP) is 2.46. The first-order chi connectivity index (χ1) is 3.72. The molecule has 0 radical (unpaired) electrons. The second-order valence-electron chi connectivity index (χ2n) is 3.07. The summed E-state index contributed by atoms with van der Waals surface area (Å²) in [4.78, 5) is 0. The molecular formula is C8H14. The maximum atomic E-state index is 2.31. The lowest BCUT2D eigenvalue weighted by Gasteiger charge is -2.29. The average molecular weight is 110 g/mol. The van der Waals surface area contributed by atoms with Gasteiger partial charge in [-0.3, -0.25) is 0 Å². The Morgan fingerprint density at radius 1 is 1.25 bits per heavy atom. The molecule has 46 valence electrons. The lowest BCUT2D eigenvalue weighted by atomic mass is 9.76. The summed E-state index contributed by atoms with van der Waals surface area (Å²) < 4.78 is 0. The minimum Gasteiger partial charge on any atom is -0.0848 e. The van der Waals surface area contributed by atoms with Crippen LogP contribution in [0, 0.1) is 17.8 Å². The molecule has 1 aliphatic carbocycles. The molecule has 8 heavy (non-hydrogen) atoms. The Balaban J connectivity index is 2.41. The summed E-state index contributed by atoms with van der Waals surface area (Å²) in [5.74, 6) is 2.56. The summed E-state index contributed by atoms with van der Waals surface area (Å²) in [6.45, 7) is 6.85. The highest BCUT2D eigenvalue weighted by atomic mass is 14.3. The average Bonchev–Trinajstić information content (AvgIpc) is 1.61. The summed E-state index contributed by atoms with van der Waals surface area (Å²) in [6, 6.07) is 0. The fourth-order valence-electron chi connectivity index (χ4n) is 1.29. The molecule has 0 saturated carbocycles. The standard InChI is InChI=1S/C8H14/c1-6(2)8-5-4-7(8)3/h4-8H,1-3H3. The van der Waals surface area contributed by atoms with Gasteiger partial charge in [0.2, 0.25) is 0 Å². The van der Waals surface area contributed by atoms with Gasteiger partial charge >= 0.3 is 0 Å². The largest absolute Gasteiger partial charge is 0.0848 e. The van der Waals surface area contributed by atoms with E-state index in [9.17, 15) is 0 Å². The van der Waals surface area contributed by atoms with Crippen molar-refractivity contribution in [1.29, 1.82) is 0 Å². The highest BCUT2D eigenvalue weighted by Crippen LogP contribution is 2.30. The van der Waals surface area contributed by atoms with E-state index in [2.05, 4.69) is 32.9 Å². The summed E-state index contributed by atoms with van der Waals surface area (Å²) in [5, 5.41) is 0. The van der Waals surface area contributed by atoms with Crippen LogP contribution in [0.4, 0.5) is 0 Å². The van der Waals surface area contributed by atoms with Crippen molar-refractivity contribution >= 4 is 0 Å². The van der Waals surface area contributed by atoms with Crippen LogP contribution >= 0.6 is 0 Å². The fourth-order valence-corrected chi connectivity index (χ4v) is 1.29. The molecule has 0 nitrogen and oxygen atoms in total. The number of hydrogen-bond donors (Lipinski definition) is 0. The van der Waals surface area contributed by atoms with E-state index in [0.717, 1.165) is 17.8 Å². The van der Waals surface area contributed by atoms with Crippen molar-refractivity contribution in [3.63, 3.8) is 0 Å². The number of rotatable bonds is 1. The quantitative estimate of drug-likeness (QED) is 0.455. The van der Waals surface area contributed by atoms with Crippen LogP contribution in [0.3, 0.4) is 0 Å². The van der Waals surface area contributed by atoms with Gasteiger partial charge < -0.3 is 0 Å². The van der Waals surface area contributed by atoms with E-state index in [4.69, 9.17) is 0 Å². The molecule has 0 spiro atoms. The second-order valence-corrected chi connectivity index (χ2v) is 3.07. The highest BCUT2D eigenvalue weighted by molar-refractivity contribution is 5.08.